The molecule has 2 aliphatic heterocycles. The molecule has 2 amide bonds. The molecule has 0 radical (unpaired) electrons. The van der Waals surface area contributed by atoms with Gasteiger partial charge in [-0.3, -0.25) is 19.5 Å². The normalized spacial score (nSPS) is 15.9. The van der Waals surface area contributed by atoms with E-state index >= 15 is 0 Å². The van der Waals surface area contributed by atoms with Crippen LogP contribution in [-0.2, 0) is 37.9 Å². The molecular formula is C35H35Cl2N9O4. The molecule has 50 heavy (non-hydrogen) atoms. The highest BCUT2D eigenvalue weighted by atomic mass is 35.5. The SMILES string of the molecule is COc1nc(-c2ccnc(-c3cccc(NC(=O)c4nc5c(n4C)CCN(Cc4ncco4)C5)c3Cl)c2Cl)ccc1CNC[C@@H]1CCC(=O)N1. The predicted octanol–water partition coefficient (Wildman–Crippen LogP) is 5.03. The molecule has 7 rings (SSSR count). The fraction of sp³-hybridized carbons (Fsp3) is 0.314. The molecule has 0 unspecified atom stereocenters. The van der Waals surface area contributed by atoms with E-state index in [1.54, 1.807) is 50.0 Å². The zero-order chi connectivity index (χ0) is 34.8. The van der Waals surface area contributed by atoms with Crippen LogP contribution in [0.15, 0.2) is 59.5 Å². The summed E-state index contributed by atoms with van der Waals surface area (Å²) in [6.07, 6.45) is 6.95. The summed E-state index contributed by atoms with van der Waals surface area (Å²) in [7, 11) is 3.42. The van der Waals surface area contributed by atoms with Gasteiger partial charge in [0.2, 0.25) is 17.7 Å². The number of pyridine rings is 2. The van der Waals surface area contributed by atoms with E-state index in [1.807, 2.05) is 23.7 Å². The highest BCUT2D eigenvalue weighted by Crippen LogP contribution is 2.40. The zero-order valence-corrected chi connectivity index (χ0v) is 29.0. The molecule has 1 saturated heterocycles. The van der Waals surface area contributed by atoms with Crippen LogP contribution >= 0.6 is 23.2 Å². The lowest BCUT2D eigenvalue weighted by Gasteiger charge is -2.25. The molecule has 1 fully saturated rings. The molecule has 3 N–H and O–H groups in total. The predicted molar refractivity (Wildman–Crippen MR) is 188 cm³/mol. The van der Waals surface area contributed by atoms with E-state index in [4.69, 9.17) is 42.3 Å². The topological polar surface area (TPSA) is 152 Å². The number of anilines is 1. The number of rotatable bonds is 11. The maximum absolute atomic E-state index is 13.6. The average molecular weight is 717 g/mol. The van der Waals surface area contributed by atoms with E-state index in [9.17, 15) is 9.59 Å². The quantitative estimate of drug-likeness (QED) is 0.170. The minimum Gasteiger partial charge on any atom is -0.481 e. The van der Waals surface area contributed by atoms with E-state index in [1.165, 1.54) is 0 Å². The molecule has 0 aliphatic carbocycles. The van der Waals surface area contributed by atoms with Crippen LogP contribution < -0.4 is 20.7 Å². The molecule has 0 bridgehead atoms. The monoisotopic (exact) mass is 715 g/mol. The molecule has 4 aromatic heterocycles. The van der Waals surface area contributed by atoms with Crippen molar-refractivity contribution in [1.82, 2.24) is 40.0 Å². The molecule has 13 nitrogen and oxygen atoms in total. The van der Waals surface area contributed by atoms with Gasteiger partial charge in [-0.25, -0.2) is 15.0 Å². The van der Waals surface area contributed by atoms with Gasteiger partial charge in [-0.15, -0.1) is 0 Å². The van der Waals surface area contributed by atoms with E-state index in [-0.39, 0.29) is 28.7 Å². The third-order valence-corrected chi connectivity index (χ3v) is 9.76. The standard InChI is InChI=1S/C35H35Cl2N9O4/c1-45-27-11-14-46(19-29-39-13-15-50-29)18-26(27)42-33(45)34(48)43-25-5-3-4-23(30(25)36)32-31(37)22(10-12-40-32)24-8-6-20(35(44-24)49-2)16-38-17-21-7-9-28(47)41-21/h3-6,8,10,12-13,15,21,38H,7,9,11,14,16-19H2,1-2H3,(H,41,47)(H,43,48)/t21-/m0/s1. The van der Waals surface area contributed by atoms with Gasteiger partial charge < -0.3 is 29.7 Å². The number of oxazole rings is 1. The molecular weight excluding hydrogens is 681 g/mol. The largest absolute Gasteiger partial charge is 0.481 e. The van der Waals surface area contributed by atoms with Crippen LogP contribution in [0.4, 0.5) is 5.69 Å². The number of hydrogen-bond donors (Lipinski definition) is 3. The number of nitrogens with zero attached hydrogens (tertiary/aromatic N) is 6. The van der Waals surface area contributed by atoms with Gasteiger partial charge in [0.15, 0.2) is 5.82 Å². The Labute approximate surface area is 298 Å². The molecule has 1 atom stereocenters. The summed E-state index contributed by atoms with van der Waals surface area (Å²) in [5.41, 5.74) is 5.35. The van der Waals surface area contributed by atoms with Crippen LogP contribution in [0.3, 0.4) is 0 Å². The van der Waals surface area contributed by atoms with Gasteiger partial charge >= 0.3 is 0 Å². The van der Waals surface area contributed by atoms with E-state index in [2.05, 4.69) is 30.8 Å². The average Bonchev–Trinajstić information content (AvgIpc) is 3.87. The van der Waals surface area contributed by atoms with Crippen LogP contribution in [0.25, 0.3) is 22.5 Å². The fourth-order valence-corrected chi connectivity index (χ4v) is 6.98. The third-order valence-electron chi connectivity index (χ3n) is 8.97. The van der Waals surface area contributed by atoms with Crippen molar-refractivity contribution >= 4 is 40.7 Å². The molecule has 0 saturated carbocycles. The minimum atomic E-state index is -0.383. The van der Waals surface area contributed by atoms with E-state index in [0.29, 0.717) is 77.6 Å². The number of aromatic nitrogens is 5. The number of methoxy groups -OCH3 is 1. The van der Waals surface area contributed by atoms with Gasteiger partial charge in [0.05, 0.1) is 52.7 Å². The first-order chi connectivity index (χ1) is 24.3. The maximum atomic E-state index is 13.6. The van der Waals surface area contributed by atoms with E-state index in [0.717, 1.165) is 36.3 Å². The number of benzene rings is 1. The third kappa shape index (κ3) is 6.94. The highest BCUT2D eigenvalue weighted by molar-refractivity contribution is 6.39. The first kappa shape index (κ1) is 33.7. The number of fused-ring (bicyclic) bond motifs is 1. The van der Waals surface area contributed by atoms with Crippen molar-refractivity contribution in [2.45, 2.75) is 44.9 Å². The Kier molecular flexibility index (Phi) is 9.81. The van der Waals surface area contributed by atoms with Crippen LogP contribution in [0.2, 0.25) is 10.0 Å². The minimum absolute atomic E-state index is 0.0856. The fourth-order valence-electron chi connectivity index (χ4n) is 6.40. The van der Waals surface area contributed by atoms with Crippen molar-refractivity contribution in [2.24, 2.45) is 7.05 Å². The molecule has 258 valence electrons. The summed E-state index contributed by atoms with van der Waals surface area (Å²) in [4.78, 5) is 45.4. The second kappa shape index (κ2) is 14.6. The van der Waals surface area contributed by atoms with Crippen molar-refractivity contribution in [3.8, 4) is 28.4 Å². The lowest BCUT2D eigenvalue weighted by Crippen LogP contribution is -2.35. The van der Waals surface area contributed by atoms with Gasteiger partial charge in [-0.05, 0) is 24.6 Å². The molecule has 15 heteroatoms. The first-order valence-corrected chi connectivity index (χ1v) is 17.0. The van der Waals surface area contributed by atoms with Crippen molar-refractivity contribution in [3.05, 3.63) is 93.8 Å². The Bertz CT molecular complexity index is 2050. The second-order valence-corrected chi connectivity index (χ2v) is 13.0. The van der Waals surface area contributed by atoms with Crippen LogP contribution in [0.1, 0.15) is 46.3 Å². The van der Waals surface area contributed by atoms with E-state index < -0.39 is 0 Å². The molecule has 6 heterocycles. The molecule has 5 aromatic rings. The number of carbonyl (C=O) groups excluding carboxylic acids is 2. The molecule has 0 spiro atoms. The van der Waals surface area contributed by atoms with Gasteiger partial charge in [-0.1, -0.05) is 41.4 Å². The first-order valence-electron chi connectivity index (χ1n) is 16.2. The summed E-state index contributed by atoms with van der Waals surface area (Å²) >= 11 is 13.9. The van der Waals surface area contributed by atoms with Gasteiger partial charge in [0.1, 0.15) is 6.26 Å². The van der Waals surface area contributed by atoms with Crippen molar-refractivity contribution < 1.29 is 18.7 Å². The van der Waals surface area contributed by atoms with Gasteiger partial charge in [-0.2, -0.15) is 0 Å². The number of carbonyl (C=O) groups is 2. The summed E-state index contributed by atoms with van der Waals surface area (Å²) in [5.74, 6) is 1.09. The number of halogens is 2. The molecule has 1 aromatic carbocycles. The number of ether oxygens (including phenoxy) is 1. The number of amides is 2. The second-order valence-electron chi connectivity index (χ2n) is 12.2. The summed E-state index contributed by atoms with van der Waals surface area (Å²) in [5, 5.41) is 9.90. The summed E-state index contributed by atoms with van der Waals surface area (Å²) < 4.78 is 12.9. The summed E-state index contributed by atoms with van der Waals surface area (Å²) in [6.45, 7) is 3.12. The van der Waals surface area contributed by atoms with Crippen molar-refractivity contribution in [2.75, 3.05) is 25.5 Å². The van der Waals surface area contributed by atoms with Crippen LogP contribution in [0.5, 0.6) is 5.88 Å². The molecule has 2 aliphatic rings. The Morgan fingerprint density at radius 2 is 1.96 bits per heavy atom. The Morgan fingerprint density at radius 3 is 2.74 bits per heavy atom. The maximum Gasteiger partial charge on any atom is 0.291 e. The highest BCUT2D eigenvalue weighted by Gasteiger charge is 2.27. The Hall–Kier alpha value is -4.82. The lowest BCUT2D eigenvalue weighted by molar-refractivity contribution is -0.119. The Balaban J connectivity index is 1.07. The smallest absolute Gasteiger partial charge is 0.291 e. The van der Waals surface area contributed by atoms with Crippen LogP contribution in [0, 0.1) is 0 Å². The van der Waals surface area contributed by atoms with Crippen molar-refractivity contribution in [1.29, 1.82) is 0 Å². The number of hydrogen-bond acceptors (Lipinski definition) is 10. The number of imidazole rings is 1. The zero-order valence-electron chi connectivity index (χ0n) is 27.5. The lowest BCUT2D eigenvalue weighted by atomic mass is 10.1. The summed E-state index contributed by atoms with van der Waals surface area (Å²) in [6, 6.07) is 11.0. The Morgan fingerprint density at radius 1 is 1.08 bits per heavy atom. The number of nitrogens with one attached hydrogen (secondary N) is 3. The van der Waals surface area contributed by atoms with Gasteiger partial charge in [0.25, 0.3) is 5.91 Å². The van der Waals surface area contributed by atoms with Crippen LogP contribution in [-0.4, -0.2) is 67.5 Å². The van der Waals surface area contributed by atoms with Gasteiger partial charge in [0, 0.05) is 80.7 Å². The van der Waals surface area contributed by atoms with Crippen molar-refractivity contribution in [3.63, 3.8) is 0 Å².